The second-order valence-electron chi connectivity index (χ2n) is 5.50. The molecular formula is C16H22O4. The minimum Gasteiger partial charge on any atom is -0.507 e. The maximum absolute atomic E-state index is 12.1. The van der Waals surface area contributed by atoms with Crippen molar-refractivity contribution in [2.45, 2.75) is 47.0 Å². The van der Waals surface area contributed by atoms with E-state index < -0.39 is 5.63 Å². The highest BCUT2D eigenvalue weighted by Gasteiger charge is 2.20. The number of hydrogen-bond donors (Lipinski definition) is 1. The van der Waals surface area contributed by atoms with E-state index in [0.717, 1.165) is 12.8 Å². The van der Waals surface area contributed by atoms with Gasteiger partial charge < -0.3 is 9.52 Å². The fraction of sp³-hybridized carbons (Fsp3) is 0.500. The van der Waals surface area contributed by atoms with Gasteiger partial charge in [0, 0.05) is 12.5 Å². The summed E-state index contributed by atoms with van der Waals surface area (Å²) in [6, 6.07) is 1.29. The molecule has 0 bridgehead atoms. The monoisotopic (exact) mass is 278 g/mol. The lowest BCUT2D eigenvalue weighted by Crippen LogP contribution is -2.16. The summed E-state index contributed by atoms with van der Waals surface area (Å²) in [5.74, 6) is -0.208. The van der Waals surface area contributed by atoms with Crippen molar-refractivity contribution in [1.82, 2.24) is 0 Å². The maximum Gasteiger partial charge on any atom is 0.350 e. The number of aryl methyl sites for hydroxylation is 1. The Labute approximate surface area is 119 Å². The van der Waals surface area contributed by atoms with E-state index in [4.69, 9.17) is 4.42 Å². The number of rotatable bonds is 6. The van der Waals surface area contributed by atoms with E-state index in [0.29, 0.717) is 5.76 Å². The van der Waals surface area contributed by atoms with E-state index in [9.17, 15) is 14.7 Å². The summed E-state index contributed by atoms with van der Waals surface area (Å²) in [5.41, 5.74) is 0.258. The Kier molecular flexibility index (Phi) is 5.74. The van der Waals surface area contributed by atoms with E-state index in [1.54, 1.807) is 6.92 Å². The molecule has 110 valence electrons. The average molecular weight is 278 g/mol. The predicted molar refractivity (Wildman–Crippen MR) is 78.2 cm³/mol. The summed E-state index contributed by atoms with van der Waals surface area (Å²) in [6.07, 6.45) is 4.14. The maximum atomic E-state index is 12.1. The summed E-state index contributed by atoms with van der Waals surface area (Å²) in [6.45, 7) is 7.58. The fourth-order valence-electron chi connectivity index (χ4n) is 2.03. The molecule has 1 aromatic heterocycles. The normalized spacial score (nSPS) is 12.0. The van der Waals surface area contributed by atoms with E-state index in [1.165, 1.54) is 11.6 Å². The zero-order valence-electron chi connectivity index (χ0n) is 12.5. The quantitative estimate of drug-likeness (QED) is 0.637. The van der Waals surface area contributed by atoms with Crippen LogP contribution >= 0.6 is 0 Å². The number of Topliss-reactive ketones (excluding diaryl/α,β-unsaturated/α-hetero) is 1. The zero-order valence-corrected chi connectivity index (χ0v) is 12.5. The molecule has 1 heterocycles. The molecule has 0 radical (unpaired) electrons. The van der Waals surface area contributed by atoms with Crippen LogP contribution in [-0.4, -0.2) is 10.9 Å². The largest absolute Gasteiger partial charge is 0.507 e. The Balaban J connectivity index is 2.72. The standard InChI is InChI=1S/C16H22O4/c1-10(2)6-5-7-11(3)8-13(17)15-14(18)9-12(4)20-16(15)19/h6,9,11,18H,5,7-8H2,1-4H3. The second-order valence-corrected chi connectivity index (χ2v) is 5.50. The van der Waals surface area contributed by atoms with E-state index >= 15 is 0 Å². The Hall–Kier alpha value is -1.84. The summed E-state index contributed by atoms with van der Waals surface area (Å²) in [5, 5.41) is 9.71. The van der Waals surface area contributed by atoms with Gasteiger partial charge in [-0.05, 0) is 39.5 Å². The first-order valence-electron chi connectivity index (χ1n) is 6.81. The first kappa shape index (κ1) is 16.2. The number of carbonyl (C=O) groups is 1. The molecule has 0 spiro atoms. The molecule has 4 heteroatoms. The van der Waals surface area contributed by atoms with Crippen molar-refractivity contribution in [3.05, 3.63) is 39.5 Å². The van der Waals surface area contributed by atoms with Gasteiger partial charge in [0.1, 0.15) is 17.1 Å². The van der Waals surface area contributed by atoms with Crippen LogP contribution in [0.1, 0.15) is 56.2 Å². The van der Waals surface area contributed by atoms with Crippen molar-refractivity contribution in [2.24, 2.45) is 5.92 Å². The van der Waals surface area contributed by atoms with Gasteiger partial charge in [0.15, 0.2) is 5.78 Å². The zero-order chi connectivity index (χ0) is 15.3. The van der Waals surface area contributed by atoms with Gasteiger partial charge in [0.2, 0.25) is 0 Å². The Morgan fingerprint density at radius 2 is 2.10 bits per heavy atom. The molecule has 20 heavy (non-hydrogen) atoms. The van der Waals surface area contributed by atoms with E-state index in [2.05, 4.69) is 6.08 Å². The van der Waals surface area contributed by atoms with Gasteiger partial charge >= 0.3 is 5.63 Å². The van der Waals surface area contributed by atoms with Crippen molar-refractivity contribution >= 4 is 5.78 Å². The van der Waals surface area contributed by atoms with Crippen LogP contribution in [-0.2, 0) is 0 Å². The van der Waals surface area contributed by atoms with Crippen LogP contribution in [0.3, 0.4) is 0 Å². The molecule has 0 amide bonds. The minimum atomic E-state index is -0.760. The number of ketones is 1. The van der Waals surface area contributed by atoms with Gasteiger partial charge in [-0.15, -0.1) is 0 Å². The van der Waals surface area contributed by atoms with Crippen molar-refractivity contribution in [3.8, 4) is 5.75 Å². The van der Waals surface area contributed by atoms with Crippen LogP contribution in [0, 0.1) is 12.8 Å². The highest BCUT2D eigenvalue weighted by Crippen LogP contribution is 2.20. The molecule has 0 saturated heterocycles. The van der Waals surface area contributed by atoms with E-state index in [-0.39, 0.29) is 29.4 Å². The third-order valence-electron chi connectivity index (χ3n) is 3.08. The highest BCUT2D eigenvalue weighted by molar-refractivity contribution is 5.98. The van der Waals surface area contributed by atoms with Crippen molar-refractivity contribution in [1.29, 1.82) is 0 Å². The lowest BCUT2D eigenvalue weighted by Gasteiger charge is -2.09. The van der Waals surface area contributed by atoms with Gasteiger partial charge in [0.25, 0.3) is 0 Å². The number of carbonyl (C=O) groups excluding carboxylic acids is 1. The topological polar surface area (TPSA) is 67.5 Å². The van der Waals surface area contributed by atoms with Crippen LogP contribution in [0.25, 0.3) is 0 Å². The van der Waals surface area contributed by atoms with Crippen molar-refractivity contribution in [2.75, 3.05) is 0 Å². The number of aromatic hydroxyl groups is 1. The summed E-state index contributed by atoms with van der Waals surface area (Å²) >= 11 is 0. The lowest BCUT2D eigenvalue weighted by atomic mass is 9.95. The van der Waals surface area contributed by atoms with Gasteiger partial charge in [-0.25, -0.2) is 4.79 Å². The Morgan fingerprint density at radius 3 is 2.65 bits per heavy atom. The molecule has 1 aromatic rings. The van der Waals surface area contributed by atoms with E-state index in [1.807, 2.05) is 20.8 Å². The van der Waals surface area contributed by atoms with Gasteiger partial charge in [-0.3, -0.25) is 4.79 Å². The van der Waals surface area contributed by atoms with Crippen LogP contribution in [0.15, 0.2) is 26.9 Å². The van der Waals surface area contributed by atoms with Crippen LogP contribution in [0.2, 0.25) is 0 Å². The summed E-state index contributed by atoms with van der Waals surface area (Å²) < 4.78 is 4.86. The van der Waals surface area contributed by atoms with Gasteiger partial charge in [0.05, 0.1) is 0 Å². The second kappa shape index (κ2) is 7.08. The SMILES string of the molecule is CC(C)=CCCC(C)CC(=O)c1c(O)cc(C)oc1=O. The molecule has 1 N–H and O–H groups in total. The van der Waals surface area contributed by atoms with Gasteiger partial charge in [-0.2, -0.15) is 0 Å². The molecule has 1 unspecified atom stereocenters. The average Bonchev–Trinajstić information content (AvgIpc) is 2.26. The first-order chi connectivity index (χ1) is 9.31. The van der Waals surface area contributed by atoms with Crippen LogP contribution < -0.4 is 5.63 Å². The number of hydrogen-bond acceptors (Lipinski definition) is 4. The third kappa shape index (κ3) is 4.68. The highest BCUT2D eigenvalue weighted by atomic mass is 16.4. The van der Waals surface area contributed by atoms with Crippen molar-refractivity contribution in [3.63, 3.8) is 0 Å². The molecule has 4 nitrogen and oxygen atoms in total. The lowest BCUT2D eigenvalue weighted by molar-refractivity contribution is 0.0955. The fourth-order valence-corrected chi connectivity index (χ4v) is 2.03. The minimum absolute atomic E-state index is 0.151. The molecule has 1 rings (SSSR count). The molecule has 0 saturated carbocycles. The Bertz CT molecular complexity index is 562. The smallest absolute Gasteiger partial charge is 0.350 e. The van der Waals surface area contributed by atoms with Gasteiger partial charge in [-0.1, -0.05) is 18.6 Å². The molecule has 0 aromatic carbocycles. The molecule has 0 fully saturated rings. The third-order valence-corrected chi connectivity index (χ3v) is 3.08. The van der Waals surface area contributed by atoms with Crippen LogP contribution in [0.4, 0.5) is 0 Å². The molecule has 1 atom stereocenters. The summed E-state index contributed by atoms with van der Waals surface area (Å²) in [4.78, 5) is 23.7. The van der Waals surface area contributed by atoms with Crippen LogP contribution in [0.5, 0.6) is 5.75 Å². The Morgan fingerprint density at radius 1 is 1.45 bits per heavy atom. The molecular weight excluding hydrogens is 256 g/mol. The molecule has 0 aliphatic rings. The molecule has 0 aliphatic heterocycles. The number of allylic oxidation sites excluding steroid dienone is 2. The first-order valence-corrected chi connectivity index (χ1v) is 6.81. The van der Waals surface area contributed by atoms with Crippen molar-refractivity contribution < 1.29 is 14.3 Å². The molecule has 0 aliphatic carbocycles. The summed E-state index contributed by atoms with van der Waals surface area (Å²) in [7, 11) is 0. The predicted octanol–water partition coefficient (Wildman–Crippen LogP) is 3.61.